The number of hydrogen-bond acceptors (Lipinski definition) is 24. The first kappa shape index (κ1) is 63.1. The van der Waals surface area contributed by atoms with Crippen LogP contribution in [0.5, 0.6) is 0 Å². The molecule has 440 valence electrons. The number of ether oxygens (including phenoxy) is 8. The topological polar surface area (TPSA) is 380 Å². The number of allylic oxidation sites excluding steroid dienone is 3. The van der Waals surface area contributed by atoms with Gasteiger partial charge in [-0.1, -0.05) is 58.4 Å². The van der Waals surface area contributed by atoms with E-state index in [0.29, 0.717) is 44.9 Å². The number of hydrogen-bond donors (Lipinski definition) is 11. The molecular formula is C52H81NaO24S. The SMILES string of the molecule is C=C1CC[C@]2(C(=O)O[C@@H]3O[C@H](CO)[C@@H](O)[C@H](O)[C@H]3O)CC[C@]3(C)C(=CC[C@@H]4[C@@]5(C)CC[C@H](O[C@@H]6OC[C@H](O)[C@H](O[C@@H]7O[C@H](CO)[C@@H](OS(=O)(=O)[O-])[C@H](O)[C@H]7O)[C@H]6O[C@@H]6O[C@@H](C)[C@H](O)[C@@H](O)[C@H]6O)C(C)(C)[C@@H]5CC[C@]43C)[C@@H]2C1.[Na+]. The van der Waals surface area contributed by atoms with Crippen molar-refractivity contribution in [3.05, 3.63) is 23.8 Å². The number of aliphatic hydroxyl groups is 11. The molecular weight excluding hydrogens is 1060 g/mol. The van der Waals surface area contributed by atoms with Gasteiger partial charge in [-0.25, -0.2) is 8.42 Å². The van der Waals surface area contributed by atoms with Crippen molar-refractivity contribution in [2.45, 2.75) is 229 Å². The molecule has 4 heterocycles. The van der Waals surface area contributed by atoms with Gasteiger partial charge in [-0.15, -0.1) is 0 Å². The third kappa shape index (κ3) is 10.7. The summed E-state index contributed by atoms with van der Waals surface area (Å²) in [5.74, 6) is -0.589. The van der Waals surface area contributed by atoms with Gasteiger partial charge in [0.1, 0.15) is 85.5 Å². The molecule has 0 amide bonds. The van der Waals surface area contributed by atoms with E-state index in [0.717, 1.165) is 24.8 Å². The van der Waals surface area contributed by atoms with E-state index in [1.807, 2.05) is 0 Å². The van der Waals surface area contributed by atoms with Crippen molar-refractivity contribution < 1.29 is 146 Å². The average Bonchev–Trinajstić information content (AvgIpc) is 3.56. The number of carbonyl (C=O) groups is 1. The van der Waals surface area contributed by atoms with Crippen LogP contribution in [0.3, 0.4) is 0 Å². The van der Waals surface area contributed by atoms with Crippen molar-refractivity contribution in [3.63, 3.8) is 0 Å². The molecule has 5 aliphatic carbocycles. The predicted molar refractivity (Wildman–Crippen MR) is 259 cm³/mol. The fourth-order valence-corrected chi connectivity index (χ4v) is 16.5. The zero-order chi connectivity index (χ0) is 56.3. The van der Waals surface area contributed by atoms with E-state index in [-0.39, 0.29) is 63.6 Å². The summed E-state index contributed by atoms with van der Waals surface area (Å²) in [5.41, 5.74) is -0.212. The van der Waals surface area contributed by atoms with E-state index >= 15 is 0 Å². The van der Waals surface area contributed by atoms with Crippen molar-refractivity contribution in [3.8, 4) is 0 Å². The van der Waals surface area contributed by atoms with Crippen LogP contribution >= 0.6 is 0 Å². The maximum Gasteiger partial charge on any atom is 1.00 e. The average molecular weight is 1150 g/mol. The number of esters is 1. The Hall–Kier alpha value is -0.900. The Kier molecular flexibility index (Phi) is 18.8. The molecule has 0 unspecified atom stereocenters. The van der Waals surface area contributed by atoms with Crippen LogP contribution in [0.2, 0.25) is 0 Å². The molecule has 0 aromatic heterocycles. The van der Waals surface area contributed by atoms with Crippen molar-refractivity contribution in [1.29, 1.82) is 0 Å². The first-order chi connectivity index (χ1) is 36.0. The quantitative estimate of drug-likeness (QED) is 0.0220. The third-order valence-corrected chi connectivity index (χ3v) is 21.1. The molecule has 9 rings (SSSR count). The van der Waals surface area contributed by atoms with E-state index in [2.05, 4.69) is 51.5 Å². The summed E-state index contributed by atoms with van der Waals surface area (Å²) in [7, 11) is -5.47. The molecule has 0 aromatic rings. The summed E-state index contributed by atoms with van der Waals surface area (Å²) in [4.78, 5) is 14.7. The van der Waals surface area contributed by atoms with E-state index in [9.17, 15) is 73.9 Å². The Balaban J connectivity index is 0.00000803. The van der Waals surface area contributed by atoms with Crippen molar-refractivity contribution >= 4 is 16.4 Å². The minimum absolute atomic E-state index is 0. The van der Waals surface area contributed by atoms with Crippen LogP contribution in [0.4, 0.5) is 0 Å². The summed E-state index contributed by atoms with van der Waals surface area (Å²) in [5, 5.41) is 118. The summed E-state index contributed by atoms with van der Waals surface area (Å²) in [6, 6.07) is 0. The summed E-state index contributed by atoms with van der Waals surface area (Å²) < 4.78 is 87.5. The molecule has 8 fully saturated rings. The monoisotopic (exact) mass is 1140 g/mol. The molecule has 24 nitrogen and oxygen atoms in total. The molecule has 26 heteroatoms. The van der Waals surface area contributed by atoms with Crippen molar-refractivity contribution in [2.75, 3.05) is 19.8 Å². The van der Waals surface area contributed by atoms with Gasteiger partial charge in [0.05, 0.1) is 37.4 Å². The van der Waals surface area contributed by atoms with Gasteiger partial charge in [0.25, 0.3) is 0 Å². The second-order valence-corrected chi connectivity index (χ2v) is 25.9. The predicted octanol–water partition coefficient (Wildman–Crippen LogP) is -4.35. The smallest absolute Gasteiger partial charge is 0.726 e. The summed E-state index contributed by atoms with van der Waals surface area (Å²) in [6.07, 6.45) is -23.8. The maximum atomic E-state index is 14.7. The van der Waals surface area contributed by atoms with Crippen LogP contribution in [0.15, 0.2) is 23.8 Å². The maximum absolute atomic E-state index is 14.7. The van der Waals surface area contributed by atoms with E-state index in [1.165, 1.54) is 12.5 Å². The summed E-state index contributed by atoms with van der Waals surface area (Å²) >= 11 is 0. The molecule has 0 radical (unpaired) electrons. The Bertz CT molecular complexity index is 2310. The summed E-state index contributed by atoms with van der Waals surface area (Å²) in [6.45, 7) is 15.0. The first-order valence-corrected chi connectivity index (χ1v) is 28.4. The van der Waals surface area contributed by atoms with E-state index in [4.69, 9.17) is 37.9 Å². The van der Waals surface area contributed by atoms with Gasteiger partial charge in [0.15, 0.2) is 18.9 Å². The molecule has 11 N–H and O–H groups in total. The molecule has 4 saturated heterocycles. The minimum atomic E-state index is -5.47. The first-order valence-electron chi connectivity index (χ1n) is 27.1. The van der Waals surface area contributed by atoms with Gasteiger partial charge in [-0.2, -0.15) is 0 Å². The zero-order valence-corrected chi connectivity index (χ0v) is 48.2. The Morgan fingerprint density at radius 3 is 1.99 bits per heavy atom. The molecule has 4 saturated carbocycles. The van der Waals surface area contributed by atoms with Crippen molar-refractivity contribution in [2.24, 2.45) is 44.8 Å². The molecule has 0 aromatic carbocycles. The minimum Gasteiger partial charge on any atom is -0.726 e. The van der Waals surface area contributed by atoms with Gasteiger partial charge in [-0.3, -0.25) is 8.98 Å². The van der Waals surface area contributed by atoms with Gasteiger partial charge >= 0.3 is 35.5 Å². The Morgan fingerprint density at radius 1 is 0.705 bits per heavy atom. The molecule has 78 heavy (non-hydrogen) atoms. The molecule has 9 aliphatic rings. The normalized spacial score (nSPS) is 51.3. The van der Waals surface area contributed by atoms with Gasteiger partial charge in [0.2, 0.25) is 16.7 Å². The number of aliphatic hydroxyl groups excluding tert-OH is 11. The van der Waals surface area contributed by atoms with E-state index < -0.39 is 170 Å². The van der Waals surface area contributed by atoms with Crippen LogP contribution in [0.1, 0.15) is 106 Å². The van der Waals surface area contributed by atoms with Crippen LogP contribution in [0.25, 0.3) is 0 Å². The number of carbonyl (C=O) groups excluding carboxylic acids is 1. The third-order valence-electron chi connectivity index (χ3n) is 20.6. The Morgan fingerprint density at radius 2 is 1.32 bits per heavy atom. The van der Waals surface area contributed by atoms with Gasteiger partial charge in [0, 0.05) is 5.92 Å². The molecule has 0 spiro atoms. The Labute approximate surface area is 476 Å². The molecule has 0 bridgehead atoms. The standard InChI is InChI=1S/C52H82O24S.Na/c1-22-10-15-52(47(64)75-45-38(62)35(59)33(57)27(19-53)70-45)17-16-50(6)24(25(52)18-22)8-9-30-49(5)13-12-31(48(3,4)29(49)11-14-51(30,50)7)72-46-42(74-43-37(61)34(58)32(56)23(2)69-43)40(26(55)21-68-46)73-44-39(63)36(60)41(28(20-54)71-44)76-77(65,66)67;/h8,23,25-46,53-63H,1,9-21H2,2-7H3,(H,65,66,67);/q;+1/p-1/t23-,25-,26-,27+,28+,29-,30+,31-,32-,33+,34+,35-,36+,37+,38+,39+,40-,41+,42+,43-,44-,45-,46-,49-,50+,51+,52-;/m0./s1. The van der Waals surface area contributed by atoms with Crippen LogP contribution in [-0.2, 0) is 57.3 Å². The second-order valence-electron chi connectivity index (χ2n) is 24.9. The second kappa shape index (κ2) is 23.2. The van der Waals surface area contributed by atoms with Crippen LogP contribution < -0.4 is 29.6 Å². The van der Waals surface area contributed by atoms with Gasteiger partial charge in [-0.05, 0) is 105 Å². The fourth-order valence-electron chi connectivity index (χ4n) is 16.0. The largest absolute Gasteiger partial charge is 1.00 e. The number of rotatable bonds is 12. The van der Waals surface area contributed by atoms with E-state index in [1.54, 1.807) is 0 Å². The van der Waals surface area contributed by atoms with Crippen LogP contribution in [0, 0.1) is 44.8 Å². The molecule has 4 aliphatic heterocycles. The fraction of sp³-hybridized carbons (Fsp3) is 0.904. The van der Waals surface area contributed by atoms with Crippen LogP contribution in [-0.4, -0.2) is 218 Å². The zero-order valence-electron chi connectivity index (χ0n) is 45.4. The molecule has 27 atom stereocenters. The van der Waals surface area contributed by atoms with Crippen molar-refractivity contribution in [1.82, 2.24) is 0 Å². The van der Waals surface area contributed by atoms with Gasteiger partial charge < -0.3 is 98.6 Å². The number of fused-ring (bicyclic) bond motifs is 7.